The van der Waals surface area contributed by atoms with Gasteiger partial charge in [0.1, 0.15) is 5.82 Å². The summed E-state index contributed by atoms with van der Waals surface area (Å²) in [6, 6.07) is 14.0. The molecule has 3 rings (SSSR count). The van der Waals surface area contributed by atoms with Crippen LogP contribution in [0.2, 0.25) is 0 Å². The molecule has 1 heterocycles. The van der Waals surface area contributed by atoms with Gasteiger partial charge in [-0.3, -0.25) is 4.79 Å². The fourth-order valence-electron chi connectivity index (χ4n) is 2.48. The number of aromatic nitrogens is 3. The van der Waals surface area contributed by atoms with Crippen molar-refractivity contribution in [3.63, 3.8) is 0 Å². The van der Waals surface area contributed by atoms with E-state index < -0.39 is 0 Å². The third-order valence-corrected chi connectivity index (χ3v) is 4.98. The normalized spacial score (nSPS) is 10.7. The molecule has 5 nitrogen and oxygen atoms in total. The van der Waals surface area contributed by atoms with Crippen molar-refractivity contribution in [3.8, 4) is 11.4 Å². The summed E-state index contributed by atoms with van der Waals surface area (Å²) in [6.45, 7) is 2.40. The van der Waals surface area contributed by atoms with Crippen molar-refractivity contribution < 1.29 is 9.18 Å². The Morgan fingerprint density at radius 3 is 2.62 bits per heavy atom. The monoisotopic (exact) mass is 370 g/mol. The van der Waals surface area contributed by atoms with Gasteiger partial charge in [-0.2, -0.15) is 0 Å². The van der Waals surface area contributed by atoms with E-state index in [-0.39, 0.29) is 17.5 Å². The summed E-state index contributed by atoms with van der Waals surface area (Å²) < 4.78 is 14.8. The second-order valence-corrected chi connectivity index (χ2v) is 6.81. The van der Waals surface area contributed by atoms with E-state index in [0.29, 0.717) is 11.7 Å². The van der Waals surface area contributed by atoms with E-state index in [0.717, 1.165) is 22.5 Å². The number of aryl methyl sites for hydroxylation is 1. The van der Waals surface area contributed by atoms with E-state index in [1.54, 1.807) is 12.1 Å². The molecule has 1 N–H and O–H groups in total. The van der Waals surface area contributed by atoms with E-state index in [1.165, 1.54) is 23.9 Å². The molecule has 0 spiro atoms. The van der Waals surface area contributed by atoms with Crippen LogP contribution in [0.25, 0.3) is 11.4 Å². The Labute approximate surface area is 155 Å². The van der Waals surface area contributed by atoms with E-state index in [4.69, 9.17) is 0 Å². The maximum absolute atomic E-state index is 12.9. The number of carbonyl (C=O) groups is 1. The van der Waals surface area contributed by atoms with Crippen LogP contribution in [0.15, 0.2) is 53.7 Å². The Bertz CT molecular complexity index is 908. The predicted molar refractivity (Wildman–Crippen MR) is 100 cm³/mol. The number of carbonyl (C=O) groups excluding carboxylic acids is 1. The first kappa shape index (κ1) is 18.1. The van der Waals surface area contributed by atoms with Crippen molar-refractivity contribution in [3.05, 3.63) is 65.5 Å². The van der Waals surface area contributed by atoms with Crippen LogP contribution in [0, 0.1) is 12.7 Å². The maximum atomic E-state index is 12.9. The molecule has 0 aliphatic rings. The fourth-order valence-corrected chi connectivity index (χ4v) is 3.22. The summed E-state index contributed by atoms with van der Waals surface area (Å²) in [5, 5.41) is 11.9. The fraction of sp³-hybridized carbons (Fsp3) is 0.211. The lowest BCUT2D eigenvalue weighted by Crippen LogP contribution is -2.24. The van der Waals surface area contributed by atoms with Gasteiger partial charge in [0.15, 0.2) is 11.0 Å². The molecule has 26 heavy (non-hydrogen) atoms. The number of nitrogens with one attached hydrogen (secondary N) is 1. The molecule has 2 aromatic carbocycles. The van der Waals surface area contributed by atoms with Crippen molar-refractivity contribution in [2.75, 3.05) is 5.75 Å². The molecule has 0 atom stereocenters. The second-order valence-electron chi connectivity index (χ2n) is 5.87. The van der Waals surface area contributed by atoms with Crippen molar-refractivity contribution in [2.24, 2.45) is 7.05 Å². The van der Waals surface area contributed by atoms with Crippen LogP contribution >= 0.6 is 11.8 Å². The molecular formula is C19H19FN4OS. The molecule has 0 saturated heterocycles. The van der Waals surface area contributed by atoms with E-state index >= 15 is 0 Å². The molecule has 1 amide bonds. The topological polar surface area (TPSA) is 59.8 Å². The van der Waals surface area contributed by atoms with Gasteiger partial charge in [0.25, 0.3) is 0 Å². The lowest BCUT2D eigenvalue weighted by Gasteiger charge is -2.07. The minimum atomic E-state index is -0.289. The Kier molecular flexibility index (Phi) is 5.68. The third-order valence-electron chi connectivity index (χ3n) is 3.96. The predicted octanol–water partition coefficient (Wildman–Crippen LogP) is 3.34. The SMILES string of the molecule is Cc1ccccc1-c1nnc(SCC(=O)NCc2ccc(F)cc2)n1C. The van der Waals surface area contributed by atoms with Crippen molar-refractivity contribution in [1.29, 1.82) is 0 Å². The zero-order valence-electron chi connectivity index (χ0n) is 14.6. The molecule has 0 fully saturated rings. The third kappa shape index (κ3) is 4.29. The van der Waals surface area contributed by atoms with Crippen molar-refractivity contribution in [2.45, 2.75) is 18.6 Å². The minimum absolute atomic E-state index is 0.111. The number of benzene rings is 2. The summed E-state index contributed by atoms with van der Waals surface area (Å²) >= 11 is 1.33. The number of halogens is 1. The largest absolute Gasteiger partial charge is 0.351 e. The Hall–Kier alpha value is -2.67. The first-order valence-electron chi connectivity index (χ1n) is 8.14. The quantitative estimate of drug-likeness (QED) is 0.676. The molecular weight excluding hydrogens is 351 g/mol. The van der Waals surface area contributed by atoms with Gasteiger partial charge in [0.2, 0.25) is 5.91 Å². The van der Waals surface area contributed by atoms with E-state index in [9.17, 15) is 9.18 Å². The van der Waals surface area contributed by atoms with Gasteiger partial charge in [0.05, 0.1) is 5.75 Å². The van der Waals surface area contributed by atoms with Crippen LogP contribution in [0.5, 0.6) is 0 Å². The Morgan fingerprint density at radius 1 is 1.15 bits per heavy atom. The standard InChI is InChI=1S/C19H19FN4OS/c1-13-5-3-4-6-16(13)18-22-23-19(24(18)2)26-12-17(25)21-11-14-7-9-15(20)10-8-14/h3-10H,11-12H2,1-2H3,(H,21,25). The molecule has 0 bridgehead atoms. The van der Waals surface area contributed by atoms with Crippen molar-refractivity contribution >= 4 is 17.7 Å². The highest BCUT2D eigenvalue weighted by atomic mass is 32.2. The molecule has 0 radical (unpaired) electrons. The zero-order chi connectivity index (χ0) is 18.5. The smallest absolute Gasteiger partial charge is 0.230 e. The van der Waals surface area contributed by atoms with Gasteiger partial charge >= 0.3 is 0 Å². The molecule has 0 aliphatic carbocycles. The average Bonchev–Trinajstić information content (AvgIpc) is 3.00. The van der Waals surface area contributed by atoms with Gasteiger partial charge in [-0.1, -0.05) is 48.2 Å². The maximum Gasteiger partial charge on any atom is 0.230 e. The Morgan fingerprint density at radius 2 is 1.88 bits per heavy atom. The zero-order valence-corrected chi connectivity index (χ0v) is 15.4. The highest BCUT2D eigenvalue weighted by Crippen LogP contribution is 2.24. The summed E-state index contributed by atoms with van der Waals surface area (Å²) in [4.78, 5) is 12.0. The number of thioether (sulfide) groups is 1. The lowest BCUT2D eigenvalue weighted by atomic mass is 10.1. The van der Waals surface area contributed by atoms with E-state index in [2.05, 4.69) is 15.5 Å². The lowest BCUT2D eigenvalue weighted by molar-refractivity contribution is -0.118. The summed E-state index contributed by atoms with van der Waals surface area (Å²) in [6.07, 6.45) is 0. The molecule has 1 aromatic heterocycles. The number of hydrogen-bond acceptors (Lipinski definition) is 4. The Balaban J connectivity index is 1.57. The van der Waals surface area contributed by atoms with Crippen LogP contribution in [0.4, 0.5) is 4.39 Å². The summed E-state index contributed by atoms with van der Waals surface area (Å²) in [5.74, 6) is 0.612. The molecule has 134 valence electrons. The van der Waals surface area contributed by atoms with Gasteiger partial charge in [-0.15, -0.1) is 10.2 Å². The highest BCUT2D eigenvalue weighted by Gasteiger charge is 2.14. The molecule has 7 heteroatoms. The highest BCUT2D eigenvalue weighted by molar-refractivity contribution is 7.99. The number of rotatable bonds is 6. The van der Waals surface area contributed by atoms with Gasteiger partial charge in [-0.05, 0) is 30.2 Å². The summed E-state index contributed by atoms with van der Waals surface area (Å²) in [7, 11) is 1.89. The van der Waals surface area contributed by atoms with Crippen LogP contribution < -0.4 is 5.32 Å². The molecule has 0 unspecified atom stereocenters. The molecule has 0 saturated carbocycles. The first-order chi connectivity index (χ1) is 12.5. The van der Waals surface area contributed by atoms with Crippen molar-refractivity contribution in [1.82, 2.24) is 20.1 Å². The van der Waals surface area contributed by atoms with Gasteiger partial charge < -0.3 is 9.88 Å². The number of hydrogen-bond donors (Lipinski definition) is 1. The van der Waals surface area contributed by atoms with Gasteiger partial charge in [-0.25, -0.2) is 4.39 Å². The second kappa shape index (κ2) is 8.14. The van der Waals surface area contributed by atoms with Crippen LogP contribution in [0.1, 0.15) is 11.1 Å². The minimum Gasteiger partial charge on any atom is -0.351 e. The molecule has 3 aromatic rings. The number of nitrogens with zero attached hydrogens (tertiary/aromatic N) is 3. The molecule has 0 aliphatic heterocycles. The summed E-state index contributed by atoms with van der Waals surface area (Å²) in [5.41, 5.74) is 3.00. The van der Waals surface area contributed by atoms with E-state index in [1.807, 2.05) is 42.8 Å². The van der Waals surface area contributed by atoms with Crippen LogP contribution in [0.3, 0.4) is 0 Å². The van der Waals surface area contributed by atoms with Crippen LogP contribution in [-0.4, -0.2) is 26.4 Å². The van der Waals surface area contributed by atoms with Gasteiger partial charge in [0, 0.05) is 19.2 Å². The first-order valence-corrected chi connectivity index (χ1v) is 9.12. The van der Waals surface area contributed by atoms with Crippen LogP contribution in [-0.2, 0) is 18.4 Å². The number of amides is 1. The average molecular weight is 370 g/mol.